The van der Waals surface area contributed by atoms with Crippen molar-refractivity contribution in [3.8, 4) is 0 Å². The number of nitrogens with zero attached hydrogens (tertiary/aromatic N) is 3. The second kappa shape index (κ2) is 10.5. The van der Waals surface area contributed by atoms with Crippen LogP contribution in [-0.2, 0) is 28.5 Å². The van der Waals surface area contributed by atoms with Crippen LogP contribution in [0.2, 0.25) is 10.0 Å². The SMILES string of the molecule is O=C(ON1CCN(C(=O)c2ccc(C(F)(F)F)c(Cn3ccc4cc(C(F)(F)F)cc(Cl)c43)c2Cl)CC1)C1CC1. The molecular formula is C26H21Cl2F6N3O3. The van der Waals surface area contributed by atoms with Crippen LogP contribution in [0.1, 0.15) is 39.9 Å². The first kappa shape index (κ1) is 28.6. The molecule has 0 radical (unpaired) electrons. The molecular weight excluding hydrogens is 587 g/mol. The molecule has 2 aromatic carbocycles. The van der Waals surface area contributed by atoms with Crippen molar-refractivity contribution in [3.63, 3.8) is 0 Å². The van der Waals surface area contributed by atoms with Gasteiger partial charge >= 0.3 is 18.3 Å². The Kier molecular flexibility index (Phi) is 7.47. The Bertz CT molecular complexity index is 1480. The number of aromatic nitrogens is 1. The molecule has 0 unspecified atom stereocenters. The Morgan fingerprint density at radius 1 is 0.925 bits per heavy atom. The Balaban J connectivity index is 1.43. The molecule has 1 aliphatic heterocycles. The van der Waals surface area contributed by atoms with Crippen molar-refractivity contribution < 1.29 is 40.8 Å². The van der Waals surface area contributed by atoms with Crippen LogP contribution >= 0.6 is 23.2 Å². The van der Waals surface area contributed by atoms with Gasteiger partial charge in [-0.1, -0.05) is 23.2 Å². The summed E-state index contributed by atoms with van der Waals surface area (Å²) in [5.41, 5.74) is -2.57. The van der Waals surface area contributed by atoms with E-state index in [-0.39, 0.29) is 59.6 Å². The van der Waals surface area contributed by atoms with Crippen LogP contribution < -0.4 is 0 Å². The zero-order chi connectivity index (χ0) is 29.0. The number of hydrogen-bond acceptors (Lipinski definition) is 4. The van der Waals surface area contributed by atoms with Gasteiger partial charge in [0.15, 0.2) is 0 Å². The summed E-state index contributed by atoms with van der Waals surface area (Å²) < 4.78 is 82.8. The molecule has 1 amide bonds. The summed E-state index contributed by atoms with van der Waals surface area (Å²) in [6.07, 6.45) is -6.61. The fourth-order valence-corrected chi connectivity index (χ4v) is 5.28. The molecule has 1 saturated carbocycles. The highest BCUT2D eigenvalue weighted by molar-refractivity contribution is 6.35. The summed E-state index contributed by atoms with van der Waals surface area (Å²) in [5.74, 6) is -1.01. The summed E-state index contributed by atoms with van der Waals surface area (Å²) in [5, 5.41) is 0.811. The summed E-state index contributed by atoms with van der Waals surface area (Å²) in [6.45, 7) is 0.256. The van der Waals surface area contributed by atoms with Gasteiger partial charge in [-0.05, 0) is 43.2 Å². The summed E-state index contributed by atoms with van der Waals surface area (Å²) in [4.78, 5) is 31.9. The van der Waals surface area contributed by atoms with E-state index in [1.165, 1.54) is 26.8 Å². The summed E-state index contributed by atoms with van der Waals surface area (Å²) in [7, 11) is 0. The van der Waals surface area contributed by atoms with Gasteiger partial charge in [-0.15, -0.1) is 5.06 Å². The van der Waals surface area contributed by atoms with Gasteiger partial charge in [0, 0.05) is 36.8 Å². The van der Waals surface area contributed by atoms with E-state index in [0.717, 1.165) is 31.0 Å². The molecule has 2 aliphatic rings. The van der Waals surface area contributed by atoms with Crippen LogP contribution in [0.25, 0.3) is 10.9 Å². The highest BCUT2D eigenvalue weighted by atomic mass is 35.5. The van der Waals surface area contributed by atoms with Gasteiger partial charge in [0.2, 0.25) is 0 Å². The predicted molar refractivity (Wildman–Crippen MR) is 134 cm³/mol. The highest BCUT2D eigenvalue weighted by Crippen LogP contribution is 2.40. The molecule has 0 bridgehead atoms. The molecule has 0 spiro atoms. The Morgan fingerprint density at radius 2 is 1.60 bits per heavy atom. The lowest BCUT2D eigenvalue weighted by molar-refractivity contribution is -0.197. The van der Waals surface area contributed by atoms with Crippen LogP contribution in [0.4, 0.5) is 26.3 Å². The van der Waals surface area contributed by atoms with Crippen molar-refractivity contribution in [2.75, 3.05) is 26.2 Å². The number of carbonyl (C=O) groups excluding carboxylic acids is 2. The first-order valence-corrected chi connectivity index (χ1v) is 13.0. The molecule has 0 N–H and O–H groups in total. The van der Waals surface area contributed by atoms with E-state index < -0.39 is 46.5 Å². The first-order valence-electron chi connectivity index (χ1n) is 12.2. The highest BCUT2D eigenvalue weighted by Gasteiger charge is 2.37. The van der Waals surface area contributed by atoms with Crippen molar-refractivity contribution in [3.05, 3.63) is 68.8 Å². The second-order valence-corrected chi connectivity index (χ2v) is 10.5. The van der Waals surface area contributed by atoms with Crippen LogP contribution in [0.5, 0.6) is 0 Å². The van der Waals surface area contributed by atoms with Gasteiger partial charge in [-0.25, -0.2) is 0 Å². The minimum Gasteiger partial charge on any atom is -0.368 e. The van der Waals surface area contributed by atoms with Gasteiger partial charge < -0.3 is 14.3 Å². The normalized spacial score (nSPS) is 16.9. The number of fused-ring (bicyclic) bond motifs is 1. The maximum Gasteiger partial charge on any atom is 0.416 e. The van der Waals surface area contributed by atoms with Crippen LogP contribution in [0.15, 0.2) is 36.5 Å². The number of piperazine rings is 1. The largest absolute Gasteiger partial charge is 0.416 e. The average Bonchev–Trinajstić information content (AvgIpc) is 3.65. The fraction of sp³-hybridized carbons (Fsp3) is 0.385. The van der Waals surface area contributed by atoms with E-state index in [1.807, 2.05) is 0 Å². The van der Waals surface area contributed by atoms with Gasteiger partial charge in [-0.3, -0.25) is 9.59 Å². The van der Waals surface area contributed by atoms with Crippen molar-refractivity contribution in [2.24, 2.45) is 5.92 Å². The zero-order valence-electron chi connectivity index (χ0n) is 20.6. The van der Waals surface area contributed by atoms with Gasteiger partial charge in [0.1, 0.15) is 0 Å². The topological polar surface area (TPSA) is 54.8 Å². The quantitative estimate of drug-likeness (QED) is 0.304. The predicted octanol–water partition coefficient (Wildman–Crippen LogP) is 6.66. The van der Waals surface area contributed by atoms with Crippen LogP contribution in [0, 0.1) is 5.92 Å². The first-order chi connectivity index (χ1) is 18.7. The standard InChI is InChI=1S/C26H21Cl2F6N3O3/c27-20-12-16(25(29,30)31)11-15-5-6-36(22(15)20)13-18-19(26(32,33)34)4-3-17(21(18)28)23(38)35-7-9-37(10-8-35)40-24(39)14-1-2-14/h3-6,11-12,14H,1-2,7-10,13H2. The Hall–Kier alpha value is -2.96. The smallest absolute Gasteiger partial charge is 0.368 e. The Labute approximate surface area is 233 Å². The second-order valence-electron chi connectivity index (χ2n) is 9.69. The number of rotatable bonds is 5. The number of carbonyl (C=O) groups is 2. The monoisotopic (exact) mass is 607 g/mol. The van der Waals surface area contributed by atoms with Crippen molar-refractivity contribution >= 4 is 46.0 Å². The fourth-order valence-electron chi connectivity index (χ4n) is 4.64. The maximum absolute atomic E-state index is 14.0. The molecule has 6 nitrogen and oxygen atoms in total. The van der Waals surface area contributed by atoms with E-state index >= 15 is 0 Å². The van der Waals surface area contributed by atoms with Crippen molar-refractivity contribution in [1.29, 1.82) is 0 Å². The number of benzene rings is 2. The molecule has 40 heavy (non-hydrogen) atoms. The molecule has 2 fully saturated rings. The number of hydrogen-bond donors (Lipinski definition) is 0. The molecule has 14 heteroatoms. The van der Waals surface area contributed by atoms with Crippen LogP contribution in [0.3, 0.4) is 0 Å². The van der Waals surface area contributed by atoms with E-state index in [0.29, 0.717) is 6.07 Å². The van der Waals surface area contributed by atoms with E-state index in [4.69, 9.17) is 28.0 Å². The maximum atomic E-state index is 14.0. The molecule has 1 aromatic heterocycles. The molecule has 2 heterocycles. The lowest BCUT2D eigenvalue weighted by Crippen LogP contribution is -2.49. The average molecular weight is 608 g/mol. The van der Waals surface area contributed by atoms with Crippen molar-refractivity contribution in [1.82, 2.24) is 14.5 Å². The minimum atomic E-state index is -4.83. The van der Waals surface area contributed by atoms with Crippen molar-refractivity contribution in [2.45, 2.75) is 31.7 Å². The lowest BCUT2D eigenvalue weighted by atomic mass is 10.0. The lowest BCUT2D eigenvalue weighted by Gasteiger charge is -2.33. The number of amides is 1. The third-order valence-corrected chi connectivity index (χ3v) is 7.62. The van der Waals surface area contributed by atoms with E-state index in [2.05, 4.69) is 0 Å². The van der Waals surface area contributed by atoms with E-state index in [1.54, 1.807) is 0 Å². The number of alkyl halides is 6. The molecule has 5 rings (SSSR count). The number of hydroxylamine groups is 2. The zero-order valence-corrected chi connectivity index (χ0v) is 22.1. The summed E-state index contributed by atoms with van der Waals surface area (Å²) >= 11 is 12.6. The molecule has 0 atom stereocenters. The molecule has 3 aromatic rings. The Morgan fingerprint density at radius 3 is 2.20 bits per heavy atom. The molecule has 1 aliphatic carbocycles. The van der Waals surface area contributed by atoms with Gasteiger partial charge in [0.25, 0.3) is 5.91 Å². The third-order valence-electron chi connectivity index (χ3n) is 6.90. The third kappa shape index (κ3) is 5.75. The van der Waals surface area contributed by atoms with Gasteiger partial charge in [0.05, 0.1) is 51.3 Å². The molecule has 214 valence electrons. The van der Waals surface area contributed by atoms with Crippen LogP contribution in [-0.4, -0.2) is 52.6 Å². The van der Waals surface area contributed by atoms with Gasteiger partial charge in [-0.2, -0.15) is 26.3 Å². The summed E-state index contributed by atoms with van der Waals surface area (Å²) in [6, 6.07) is 4.63. The number of halogens is 8. The van der Waals surface area contributed by atoms with E-state index in [9.17, 15) is 35.9 Å². The molecule has 1 saturated heterocycles. The minimum absolute atomic E-state index is 0.0806.